The quantitative estimate of drug-likeness (QED) is 0.547. The molecule has 2 heterocycles. The van der Waals surface area contributed by atoms with Gasteiger partial charge in [-0.2, -0.15) is 4.31 Å². The average molecular weight is 406 g/mol. The molecule has 3 rings (SSSR count). The number of carbonyl (C=O) groups is 2. The van der Waals surface area contributed by atoms with Crippen LogP contribution in [0.2, 0.25) is 0 Å². The Morgan fingerprint density at radius 1 is 1.04 bits per heavy atom. The summed E-state index contributed by atoms with van der Waals surface area (Å²) in [6, 6.07) is 5.07. The molecule has 2 aliphatic heterocycles. The first-order chi connectivity index (χ1) is 13.3. The Bertz CT molecular complexity index is 889. The number of carbonyl (C=O) groups excluding carboxylic acids is 2. The fourth-order valence-electron chi connectivity index (χ4n) is 3.79. The van der Waals surface area contributed by atoms with Crippen molar-refractivity contribution < 1.29 is 18.0 Å². The molecular formula is C20H27N3O4S. The molecule has 0 saturated carbocycles. The maximum Gasteiger partial charge on any atom is 0.312 e. The van der Waals surface area contributed by atoms with Gasteiger partial charge in [0.2, 0.25) is 10.0 Å². The highest BCUT2D eigenvalue weighted by molar-refractivity contribution is 7.89. The molecule has 0 unspecified atom stereocenters. The molecule has 8 heteroatoms. The first kappa shape index (κ1) is 20.5. The molecule has 0 N–H and O–H groups in total. The number of piperazine rings is 1. The molecule has 0 aromatic heterocycles. The van der Waals surface area contributed by atoms with E-state index in [0.29, 0.717) is 50.5 Å². The maximum atomic E-state index is 12.9. The third kappa shape index (κ3) is 3.84. The van der Waals surface area contributed by atoms with Crippen molar-refractivity contribution in [2.75, 3.05) is 32.7 Å². The second kappa shape index (κ2) is 8.05. The van der Waals surface area contributed by atoms with E-state index in [2.05, 4.69) is 6.58 Å². The minimum Gasteiger partial charge on any atom is -0.330 e. The maximum absolute atomic E-state index is 12.9. The van der Waals surface area contributed by atoms with Crippen LogP contribution in [0.3, 0.4) is 0 Å². The number of amides is 2. The van der Waals surface area contributed by atoms with E-state index >= 15 is 0 Å². The summed E-state index contributed by atoms with van der Waals surface area (Å²) in [6.45, 7) is 9.47. The molecular weight excluding hydrogens is 378 g/mol. The predicted molar refractivity (Wildman–Crippen MR) is 106 cm³/mol. The first-order valence-corrected chi connectivity index (χ1v) is 11.0. The molecule has 0 spiro atoms. The smallest absolute Gasteiger partial charge is 0.312 e. The van der Waals surface area contributed by atoms with Crippen molar-refractivity contribution in [3.05, 3.63) is 42.0 Å². The van der Waals surface area contributed by atoms with E-state index in [0.717, 1.165) is 11.1 Å². The first-order valence-electron chi connectivity index (χ1n) is 9.54. The van der Waals surface area contributed by atoms with Crippen LogP contribution < -0.4 is 0 Å². The number of nitrogens with zero attached hydrogens (tertiary/aromatic N) is 3. The van der Waals surface area contributed by atoms with Gasteiger partial charge >= 0.3 is 11.8 Å². The topological polar surface area (TPSA) is 78.0 Å². The molecule has 1 aromatic rings. The van der Waals surface area contributed by atoms with Gasteiger partial charge in [0.25, 0.3) is 0 Å². The van der Waals surface area contributed by atoms with Crippen molar-refractivity contribution in [1.29, 1.82) is 0 Å². The summed E-state index contributed by atoms with van der Waals surface area (Å²) in [7, 11) is -3.55. The monoisotopic (exact) mass is 405 g/mol. The average Bonchev–Trinajstić information content (AvgIpc) is 2.68. The van der Waals surface area contributed by atoms with Gasteiger partial charge in [-0.3, -0.25) is 9.59 Å². The lowest BCUT2D eigenvalue weighted by Crippen LogP contribution is -2.59. The Kier molecular flexibility index (Phi) is 5.90. The SMILES string of the molecule is C=CCN1CCN(C2CCN(S(=O)(=O)c3ccc(C)c(C)c3)CC2)C(=O)C1=O. The van der Waals surface area contributed by atoms with E-state index in [1.807, 2.05) is 19.9 Å². The van der Waals surface area contributed by atoms with E-state index in [9.17, 15) is 18.0 Å². The summed E-state index contributed by atoms with van der Waals surface area (Å²) in [6.07, 6.45) is 2.67. The number of sulfonamides is 1. The lowest BCUT2D eigenvalue weighted by Gasteiger charge is -2.41. The Morgan fingerprint density at radius 3 is 2.32 bits per heavy atom. The summed E-state index contributed by atoms with van der Waals surface area (Å²) >= 11 is 0. The van der Waals surface area contributed by atoms with Crippen molar-refractivity contribution in [2.24, 2.45) is 0 Å². The Hall–Kier alpha value is -2.19. The molecule has 2 fully saturated rings. The van der Waals surface area contributed by atoms with Crippen molar-refractivity contribution >= 4 is 21.8 Å². The molecule has 0 aliphatic carbocycles. The van der Waals surface area contributed by atoms with Crippen LogP contribution in [0.1, 0.15) is 24.0 Å². The Morgan fingerprint density at radius 2 is 1.71 bits per heavy atom. The second-order valence-corrected chi connectivity index (χ2v) is 9.36. The van der Waals surface area contributed by atoms with Crippen LogP contribution in [-0.4, -0.2) is 73.1 Å². The fourth-order valence-corrected chi connectivity index (χ4v) is 5.34. The lowest BCUT2D eigenvalue weighted by molar-refractivity contribution is -0.157. The molecule has 2 aliphatic rings. The van der Waals surface area contributed by atoms with Crippen LogP contribution in [0, 0.1) is 13.8 Å². The van der Waals surface area contributed by atoms with Crippen molar-refractivity contribution in [1.82, 2.24) is 14.1 Å². The largest absolute Gasteiger partial charge is 0.330 e. The van der Waals surface area contributed by atoms with Gasteiger partial charge in [-0.1, -0.05) is 12.1 Å². The zero-order chi connectivity index (χ0) is 20.5. The van der Waals surface area contributed by atoms with E-state index in [1.54, 1.807) is 23.1 Å². The van der Waals surface area contributed by atoms with E-state index in [4.69, 9.17) is 0 Å². The van der Waals surface area contributed by atoms with Gasteiger partial charge in [0.1, 0.15) is 0 Å². The van der Waals surface area contributed by atoms with Gasteiger partial charge in [0, 0.05) is 38.8 Å². The number of hydrogen-bond donors (Lipinski definition) is 0. The number of piperidine rings is 1. The molecule has 152 valence electrons. The molecule has 0 bridgehead atoms. The van der Waals surface area contributed by atoms with Crippen LogP contribution in [0.25, 0.3) is 0 Å². The van der Waals surface area contributed by atoms with E-state index in [1.165, 1.54) is 9.21 Å². The van der Waals surface area contributed by atoms with Gasteiger partial charge in [0.05, 0.1) is 4.90 Å². The van der Waals surface area contributed by atoms with Crippen LogP contribution in [0.4, 0.5) is 0 Å². The molecule has 1 aromatic carbocycles. The minimum absolute atomic E-state index is 0.103. The van der Waals surface area contributed by atoms with Crippen molar-refractivity contribution in [3.8, 4) is 0 Å². The molecule has 2 saturated heterocycles. The summed E-state index contributed by atoms with van der Waals surface area (Å²) in [5, 5.41) is 0. The van der Waals surface area contributed by atoms with Crippen LogP contribution in [0.15, 0.2) is 35.7 Å². The van der Waals surface area contributed by atoms with Crippen molar-refractivity contribution in [2.45, 2.75) is 37.6 Å². The van der Waals surface area contributed by atoms with E-state index < -0.39 is 21.8 Å². The fraction of sp³-hybridized carbons (Fsp3) is 0.500. The summed E-state index contributed by atoms with van der Waals surface area (Å²) in [5.74, 6) is -1.00. The van der Waals surface area contributed by atoms with Crippen LogP contribution in [0.5, 0.6) is 0 Å². The zero-order valence-corrected chi connectivity index (χ0v) is 17.2. The molecule has 28 heavy (non-hydrogen) atoms. The van der Waals surface area contributed by atoms with Crippen molar-refractivity contribution in [3.63, 3.8) is 0 Å². The van der Waals surface area contributed by atoms with Gasteiger partial charge < -0.3 is 9.80 Å². The second-order valence-electron chi connectivity index (χ2n) is 7.42. The zero-order valence-electron chi connectivity index (χ0n) is 16.4. The summed E-state index contributed by atoms with van der Waals surface area (Å²) in [5.41, 5.74) is 1.99. The molecule has 0 radical (unpaired) electrons. The van der Waals surface area contributed by atoms with Crippen LogP contribution >= 0.6 is 0 Å². The standard InChI is InChI=1S/C20H27N3O4S/c1-4-9-21-12-13-23(20(25)19(21)24)17-7-10-22(11-8-17)28(26,27)18-6-5-15(2)16(3)14-18/h4-6,14,17H,1,7-13H2,2-3H3. The molecule has 0 atom stereocenters. The molecule has 7 nitrogen and oxygen atoms in total. The normalized spacial score (nSPS) is 19.9. The molecule has 2 amide bonds. The highest BCUT2D eigenvalue weighted by Crippen LogP contribution is 2.25. The Balaban J connectivity index is 1.66. The summed E-state index contributed by atoms with van der Waals surface area (Å²) < 4.78 is 27.4. The third-order valence-corrected chi connectivity index (χ3v) is 7.57. The van der Waals surface area contributed by atoms with Crippen LogP contribution in [-0.2, 0) is 19.6 Å². The van der Waals surface area contributed by atoms with Gasteiger partial charge in [-0.05, 0) is 49.9 Å². The summed E-state index contributed by atoms with van der Waals surface area (Å²) in [4.78, 5) is 28.1. The van der Waals surface area contributed by atoms with E-state index in [-0.39, 0.29) is 6.04 Å². The number of aryl methyl sites for hydroxylation is 2. The Labute approximate surface area is 166 Å². The van der Waals surface area contributed by atoms with Gasteiger partial charge in [-0.25, -0.2) is 8.42 Å². The number of benzene rings is 1. The van der Waals surface area contributed by atoms with Gasteiger partial charge in [0.15, 0.2) is 0 Å². The lowest BCUT2D eigenvalue weighted by atomic mass is 10.0. The highest BCUT2D eigenvalue weighted by atomic mass is 32.2. The predicted octanol–water partition coefficient (Wildman–Crippen LogP) is 1.31. The highest BCUT2D eigenvalue weighted by Gasteiger charge is 2.38. The number of hydrogen-bond acceptors (Lipinski definition) is 4. The number of rotatable bonds is 5. The minimum atomic E-state index is -3.55. The third-order valence-electron chi connectivity index (χ3n) is 5.67. The van der Waals surface area contributed by atoms with Gasteiger partial charge in [-0.15, -0.1) is 6.58 Å².